The highest BCUT2D eigenvalue weighted by molar-refractivity contribution is 7.80. The smallest absolute Gasteiger partial charge is 0.146 e. The number of aromatic nitrogens is 2. The third-order valence-electron chi connectivity index (χ3n) is 5.99. The lowest BCUT2D eigenvalue weighted by molar-refractivity contribution is -0.108. The Hall–Kier alpha value is -0.760. The van der Waals surface area contributed by atoms with Crippen LogP contribution < -0.4 is 4.90 Å². The molecule has 3 fully saturated rings. The van der Waals surface area contributed by atoms with Gasteiger partial charge in [-0.25, -0.2) is 4.98 Å². The highest BCUT2D eigenvalue weighted by Gasteiger charge is 2.32. The average Bonchev–Trinajstić information content (AvgIpc) is 3.11. The highest BCUT2D eigenvalue weighted by atomic mass is 32.1. The number of anilines is 1. The van der Waals surface area contributed by atoms with E-state index < -0.39 is 0 Å². The summed E-state index contributed by atoms with van der Waals surface area (Å²) in [5.41, 5.74) is 0. The Balaban J connectivity index is 1.25. The van der Waals surface area contributed by atoms with Gasteiger partial charge in [-0.1, -0.05) is 0 Å². The molecule has 2 saturated heterocycles. The molecule has 1 saturated carbocycles. The fraction of sp³-hybridized carbons (Fsp3) is 0.833. The van der Waals surface area contributed by atoms with Gasteiger partial charge in [0.1, 0.15) is 5.82 Å². The topological polar surface area (TPSA) is 53.8 Å². The average molecular weight is 367 g/mol. The minimum absolute atomic E-state index is 0.131. The van der Waals surface area contributed by atoms with E-state index in [2.05, 4.69) is 38.2 Å². The number of piperidine rings is 2. The van der Waals surface area contributed by atoms with Gasteiger partial charge >= 0.3 is 0 Å². The van der Waals surface area contributed by atoms with Gasteiger partial charge in [0.2, 0.25) is 0 Å². The lowest BCUT2D eigenvalue weighted by Crippen LogP contribution is -2.43. The first-order valence-electron chi connectivity index (χ1n) is 9.66. The molecule has 3 heterocycles. The number of rotatable bonds is 5. The molecular formula is C18H30N4O2S. The lowest BCUT2D eigenvalue weighted by Gasteiger charge is -2.38. The van der Waals surface area contributed by atoms with Gasteiger partial charge < -0.3 is 19.3 Å². The zero-order valence-corrected chi connectivity index (χ0v) is 15.7. The molecule has 3 aliphatic rings. The quantitative estimate of drug-likeness (QED) is 0.780. The molecule has 140 valence electrons. The van der Waals surface area contributed by atoms with Gasteiger partial charge in [-0.2, -0.15) is 12.6 Å². The van der Waals surface area contributed by atoms with E-state index >= 15 is 0 Å². The molecule has 7 heteroatoms. The Labute approximate surface area is 155 Å². The first-order chi connectivity index (χ1) is 12.2. The molecule has 2 aliphatic heterocycles. The summed E-state index contributed by atoms with van der Waals surface area (Å²) in [5.74, 6) is 1.97. The Bertz CT molecular complexity index is 547. The summed E-state index contributed by atoms with van der Waals surface area (Å²) in [6.45, 7) is 4.27. The largest absolute Gasteiger partial charge is 0.393 e. The van der Waals surface area contributed by atoms with Crippen molar-refractivity contribution in [2.24, 2.45) is 0 Å². The zero-order chi connectivity index (χ0) is 17.2. The van der Waals surface area contributed by atoms with Crippen molar-refractivity contribution in [1.82, 2.24) is 14.5 Å². The van der Waals surface area contributed by atoms with Crippen LogP contribution in [0.15, 0.2) is 12.5 Å². The predicted octanol–water partition coefficient (Wildman–Crippen LogP) is 1.92. The number of likely N-dealkylation sites (tertiary alicyclic amines) is 1. The van der Waals surface area contributed by atoms with Crippen LogP contribution >= 0.6 is 12.6 Å². The van der Waals surface area contributed by atoms with Crippen LogP contribution in [0.1, 0.15) is 44.6 Å². The van der Waals surface area contributed by atoms with E-state index in [1.54, 1.807) is 0 Å². The first kappa shape index (κ1) is 17.6. The fourth-order valence-electron chi connectivity index (χ4n) is 4.19. The molecule has 0 atom stereocenters. The molecule has 0 radical (unpaired) electrons. The van der Waals surface area contributed by atoms with E-state index in [1.807, 2.05) is 6.33 Å². The third-order valence-corrected chi connectivity index (χ3v) is 6.39. The minimum Gasteiger partial charge on any atom is -0.393 e. The van der Waals surface area contributed by atoms with Gasteiger partial charge in [-0.15, -0.1) is 0 Å². The number of aliphatic hydroxyl groups is 1. The second-order valence-electron chi connectivity index (χ2n) is 7.74. The SMILES string of the molecule is OC1CC(OC2CCN(c3cn(C4CCN(CS)CC4)cn3)CC2)C1. The van der Waals surface area contributed by atoms with Crippen LogP contribution in [0.25, 0.3) is 0 Å². The van der Waals surface area contributed by atoms with Crippen LogP contribution in [0.2, 0.25) is 0 Å². The molecular weight excluding hydrogens is 336 g/mol. The molecule has 0 unspecified atom stereocenters. The van der Waals surface area contributed by atoms with E-state index in [9.17, 15) is 5.11 Å². The molecule has 0 spiro atoms. The summed E-state index contributed by atoms with van der Waals surface area (Å²) in [6, 6.07) is 0.572. The molecule has 0 amide bonds. The number of nitrogens with zero attached hydrogens (tertiary/aromatic N) is 4. The van der Waals surface area contributed by atoms with Gasteiger partial charge in [0.25, 0.3) is 0 Å². The summed E-state index contributed by atoms with van der Waals surface area (Å²) < 4.78 is 8.39. The van der Waals surface area contributed by atoms with E-state index in [0.29, 0.717) is 12.1 Å². The molecule has 1 aliphatic carbocycles. The second-order valence-corrected chi connectivity index (χ2v) is 8.02. The van der Waals surface area contributed by atoms with Crippen LogP contribution in [0, 0.1) is 0 Å². The van der Waals surface area contributed by atoms with Gasteiger partial charge in [0.05, 0.1) is 24.6 Å². The number of imidazole rings is 1. The Morgan fingerprint density at radius 2 is 1.80 bits per heavy atom. The van der Waals surface area contributed by atoms with Gasteiger partial charge in [0, 0.05) is 44.3 Å². The monoisotopic (exact) mass is 366 g/mol. The van der Waals surface area contributed by atoms with Crippen molar-refractivity contribution in [3.63, 3.8) is 0 Å². The number of hydrogen-bond acceptors (Lipinski definition) is 6. The summed E-state index contributed by atoms with van der Waals surface area (Å²) in [7, 11) is 0. The van der Waals surface area contributed by atoms with Crippen molar-refractivity contribution in [3.8, 4) is 0 Å². The van der Waals surface area contributed by atoms with Crippen LogP contribution in [-0.2, 0) is 4.74 Å². The maximum absolute atomic E-state index is 9.37. The third kappa shape index (κ3) is 4.15. The van der Waals surface area contributed by atoms with Crippen molar-refractivity contribution in [2.75, 3.05) is 37.0 Å². The Morgan fingerprint density at radius 3 is 2.44 bits per heavy atom. The molecule has 4 rings (SSSR count). The van der Waals surface area contributed by atoms with Crippen molar-refractivity contribution in [3.05, 3.63) is 12.5 Å². The maximum Gasteiger partial charge on any atom is 0.146 e. The summed E-state index contributed by atoms with van der Waals surface area (Å²) in [5, 5.41) is 9.37. The van der Waals surface area contributed by atoms with E-state index in [1.165, 1.54) is 12.8 Å². The lowest BCUT2D eigenvalue weighted by atomic mass is 9.92. The van der Waals surface area contributed by atoms with Crippen LogP contribution in [0.5, 0.6) is 0 Å². The first-order valence-corrected chi connectivity index (χ1v) is 10.3. The van der Waals surface area contributed by atoms with Gasteiger partial charge in [-0.3, -0.25) is 4.90 Å². The van der Waals surface area contributed by atoms with Crippen molar-refractivity contribution in [1.29, 1.82) is 0 Å². The molecule has 1 aromatic rings. The fourth-order valence-corrected chi connectivity index (χ4v) is 4.47. The van der Waals surface area contributed by atoms with Crippen molar-refractivity contribution >= 4 is 18.4 Å². The maximum atomic E-state index is 9.37. The van der Waals surface area contributed by atoms with Crippen LogP contribution in [-0.4, -0.2) is 69.9 Å². The number of aliphatic hydroxyl groups excluding tert-OH is 1. The van der Waals surface area contributed by atoms with E-state index in [-0.39, 0.29) is 12.2 Å². The summed E-state index contributed by atoms with van der Waals surface area (Å²) >= 11 is 4.37. The number of hydrogen-bond donors (Lipinski definition) is 2. The molecule has 1 aromatic heterocycles. The highest BCUT2D eigenvalue weighted by Crippen LogP contribution is 2.29. The Kier molecular flexibility index (Phi) is 5.55. The summed E-state index contributed by atoms with van der Waals surface area (Å²) in [6.07, 6.45) is 10.8. The summed E-state index contributed by atoms with van der Waals surface area (Å²) in [4.78, 5) is 9.44. The van der Waals surface area contributed by atoms with Crippen LogP contribution in [0.3, 0.4) is 0 Å². The van der Waals surface area contributed by atoms with Gasteiger partial charge in [-0.05, 0) is 38.5 Å². The molecule has 0 aromatic carbocycles. The number of ether oxygens (including phenoxy) is 1. The second kappa shape index (κ2) is 7.86. The standard InChI is InChI=1S/C18H30N4O2S/c23-15-9-17(10-15)24-16-3-7-21(8-4-16)18-11-22(12-19-18)14-1-5-20(13-25)6-2-14/h11-12,14-17,23,25H,1-10,13H2. The molecule has 6 nitrogen and oxygen atoms in total. The number of thiol groups is 1. The molecule has 0 bridgehead atoms. The minimum atomic E-state index is -0.131. The zero-order valence-electron chi connectivity index (χ0n) is 14.8. The molecule has 1 N–H and O–H groups in total. The van der Waals surface area contributed by atoms with Crippen molar-refractivity contribution < 1.29 is 9.84 Å². The van der Waals surface area contributed by atoms with E-state index in [4.69, 9.17) is 4.74 Å². The van der Waals surface area contributed by atoms with E-state index in [0.717, 1.165) is 63.6 Å². The normalized spacial score (nSPS) is 29.8. The van der Waals surface area contributed by atoms with Crippen molar-refractivity contribution in [2.45, 2.75) is 62.9 Å². The Morgan fingerprint density at radius 1 is 1.08 bits per heavy atom. The predicted molar refractivity (Wildman–Crippen MR) is 101 cm³/mol. The van der Waals surface area contributed by atoms with Gasteiger partial charge in [0.15, 0.2) is 0 Å². The van der Waals surface area contributed by atoms with Crippen LogP contribution in [0.4, 0.5) is 5.82 Å². The molecule has 25 heavy (non-hydrogen) atoms.